The standard InChI is InChI=1S/C24H32Cl2N2O4/c1-17-3-2-4-23(9-17)31-15-21(29)13-27-20-5-7-28(8-6-20)14-22(30)16-32-24-11-18(25)10-19(26)12-24/h2-4,9-12,20-22,27,29-30H,5-8,13-16H2,1H3/t21-,22+/m1/s1. The lowest BCUT2D eigenvalue weighted by Crippen LogP contribution is -2.47. The lowest BCUT2D eigenvalue weighted by Gasteiger charge is -2.33. The van der Waals surface area contributed by atoms with E-state index in [1.54, 1.807) is 18.2 Å². The molecule has 2 aromatic carbocycles. The first-order chi connectivity index (χ1) is 15.4. The number of halogens is 2. The minimum Gasteiger partial charge on any atom is -0.491 e. The Balaban J connectivity index is 1.29. The van der Waals surface area contributed by atoms with Gasteiger partial charge in [0.25, 0.3) is 0 Å². The van der Waals surface area contributed by atoms with E-state index in [1.165, 1.54) is 0 Å². The lowest BCUT2D eigenvalue weighted by atomic mass is 10.0. The van der Waals surface area contributed by atoms with Gasteiger partial charge in [0, 0.05) is 29.2 Å². The molecule has 8 heteroatoms. The highest BCUT2D eigenvalue weighted by Gasteiger charge is 2.21. The van der Waals surface area contributed by atoms with Crippen LogP contribution in [0.25, 0.3) is 0 Å². The van der Waals surface area contributed by atoms with E-state index in [2.05, 4.69) is 10.2 Å². The number of nitrogens with one attached hydrogen (secondary N) is 1. The number of likely N-dealkylation sites (tertiary alicyclic amines) is 1. The molecule has 176 valence electrons. The highest BCUT2D eigenvalue weighted by Crippen LogP contribution is 2.24. The number of aliphatic hydroxyl groups excluding tert-OH is 2. The zero-order valence-corrected chi connectivity index (χ0v) is 19.9. The second kappa shape index (κ2) is 12.6. The summed E-state index contributed by atoms with van der Waals surface area (Å²) in [6, 6.07) is 13.2. The smallest absolute Gasteiger partial charge is 0.122 e. The molecule has 0 unspecified atom stereocenters. The van der Waals surface area contributed by atoms with Crippen LogP contribution in [0, 0.1) is 6.92 Å². The summed E-state index contributed by atoms with van der Waals surface area (Å²) in [6.45, 7) is 5.27. The van der Waals surface area contributed by atoms with Gasteiger partial charge < -0.3 is 29.9 Å². The van der Waals surface area contributed by atoms with Gasteiger partial charge in [-0.3, -0.25) is 0 Å². The highest BCUT2D eigenvalue weighted by atomic mass is 35.5. The Morgan fingerprint density at radius 2 is 1.62 bits per heavy atom. The van der Waals surface area contributed by atoms with Crippen LogP contribution >= 0.6 is 23.2 Å². The zero-order chi connectivity index (χ0) is 22.9. The van der Waals surface area contributed by atoms with Crippen LogP contribution in [-0.4, -0.2) is 72.8 Å². The maximum atomic E-state index is 10.3. The topological polar surface area (TPSA) is 74.2 Å². The second-order valence-corrected chi connectivity index (χ2v) is 9.21. The summed E-state index contributed by atoms with van der Waals surface area (Å²) >= 11 is 11.9. The molecular formula is C24H32Cl2N2O4. The largest absolute Gasteiger partial charge is 0.491 e. The summed E-state index contributed by atoms with van der Waals surface area (Å²) in [5.74, 6) is 1.33. The first kappa shape index (κ1) is 25.1. The Bertz CT molecular complexity index is 826. The van der Waals surface area contributed by atoms with E-state index < -0.39 is 12.2 Å². The molecule has 1 saturated heterocycles. The van der Waals surface area contributed by atoms with Gasteiger partial charge in [0.2, 0.25) is 0 Å². The first-order valence-corrected chi connectivity index (χ1v) is 11.7. The average molecular weight is 483 g/mol. The minimum absolute atomic E-state index is 0.183. The number of hydrogen-bond donors (Lipinski definition) is 3. The van der Waals surface area contributed by atoms with Crippen molar-refractivity contribution in [3.05, 3.63) is 58.1 Å². The van der Waals surface area contributed by atoms with Crippen molar-refractivity contribution in [1.82, 2.24) is 10.2 Å². The third-order valence-corrected chi connectivity index (χ3v) is 5.85. The van der Waals surface area contributed by atoms with Crippen molar-refractivity contribution in [1.29, 1.82) is 0 Å². The van der Waals surface area contributed by atoms with Crippen molar-refractivity contribution in [3.63, 3.8) is 0 Å². The molecule has 0 aromatic heterocycles. The summed E-state index contributed by atoms with van der Waals surface area (Å²) in [5.41, 5.74) is 1.13. The van der Waals surface area contributed by atoms with Crippen LogP contribution in [0.4, 0.5) is 0 Å². The Kier molecular flexibility index (Phi) is 9.91. The van der Waals surface area contributed by atoms with E-state index in [1.807, 2.05) is 31.2 Å². The van der Waals surface area contributed by atoms with Crippen LogP contribution in [0.2, 0.25) is 10.0 Å². The predicted molar refractivity (Wildman–Crippen MR) is 128 cm³/mol. The number of aliphatic hydroxyl groups is 2. The van der Waals surface area contributed by atoms with E-state index in [4.69, 9.17) is 32.7 Å². The summed E-state index contributed by atoms with van der Waals surface area (Å²) < 4.78 is 11.3. The van der Waals surface area contributed by atoms with Gasteiger partial charge in [0.15, 0.2) is 0 Å². The van der Waals surface area contributed by atoms with Crippen LogP contribution in [0.5, 0.6) is 11.5 Å². The van der Waals surface area contributed by atoms with Gasteiger partial charge in [0.05, 0.1) is 0 Å². The predicted octanol–water partition coefficient (Wildman–Crippen LogP) is 3.54. The second-order valence-electron chi connectivity index (χ2n) is 8.33. The number of aryl methyl sites for hydroxylation is 1. The summed E-state index contributed by atoms with van der Waals surface area (Å²) in [6.07, 6.45) is 0.761. The Hall–Kier alpha value is -1.54. The first-order valence-electron chi connectivity index (χ1n) is 11.0. The molecule has 1 heterocycles. The number of ether oxygens (including phenoxy) is 2. The van der Waals surface area contributed by atoms with Crippen molar-refractivity contribution in [2.24, 2.45) is 0 Å². The van der Waals surface area contributed by atoms with Gasteiger partial charge in [-0.25, -0.2) is 0 Å². The van der Waals surface area contributed by atoms with Crippen LogP contribution in [0.3, 0.4) is 0 Å². The van der Waals surface area contributed by atoms with Gasteiger partial charge in [-0.15, -0.1) is 0 Å². The molecule has 32 heavy (non-hydrogen) atoms. The van der Waals surface area contributed by atoms with E-state index >= 15 is 0 Å². The summed E-state index contributed by atoms with van der Waals surface area (Å²) in [7, 11) is 0. The van der Waals surface area contributed by atoms with Crippen molar-refractivity contribution in [3.8, 4) is 11.5 Å². The quantitative estimate of drug-likeness (QED) is 0.454. The molecule has 0 radical (unpaired) electrons. The van der Waals surface area contributed by atoms with Crippen molar-refractivity contribution >= 4 is 23.2 Å². The summed E-state index contributed by atoms with van der Waals surface area (Å²) in [4.78, 5) is 2.23. The maximum absolute atomic E-state index is 10.3. The number of hydrogen-bond acceptors (Lipinski definition) is 6. The van der Waals surface area contributed by atoms with Gasteiger partial charge in [0.1, 0.15) is 36.9 Å². The molecule has 6 nitrogen and oxygen atoms in total. The van der Waals surface area contributed by atoms with Crippen LogP contribution in [0.1, 0.15) is 18.4 Å². The van der Waals surface area contributed by atoms with E-state index in [-0.39, 0.29) is 13.2 Å². The maximum Gasteiger partial charge on any atom is 0.122 e. The number of piperidine rings is 1. The molecule has 0 aliphatic carbocycles. The third kappa shape index (κ3) is 8.77. The van der Waals surface area contributed by atoms with Gasteiger partial charge in [-0.1, -0.05) is 35.3 Å². The SMILES string of the molecule is Cc1cccc(OC[C@H](O)CNC2CCN(C[C@H](O)COc3cc(Cl)cc(Cl)c3)CC2)c1. The van der Waals surface area contributed by atoms with Crippen LogP contribution in [0.15, 0.2) is 42.5 Å². The van der Waals surface area contributed by atoms with Crippen molar-refractivity contribution in [2.75, 3.05) is 39.4 Å². The molecule has 1 aliphatic heterocycles. The molecular weight excluding hydrogens is 451 g/mol. The van der Waals surface area contributed by atoms with Crippen molar-refractivity contribution < 1.29 is 19.7 Å². The number of rotatable bonds is 11. The molecule has 2 aromatic rings. The number of β-amino-alcohol motifs (C(OH)–C–C–N with tert-alkyl or cyclic N) is 1. The molecule has 0 saturated carbocycles. The van der Waals surface area contributed by atoms with Crippen LogP contribution in [-0.2, 0) is 0 Å². The number of nitrogens with zero attached hydrogens (tertiary/aromatic N) is 1. The van der Waals surface area contributed by atoms with Gasteiger partial charge in [-0.2, -0.15) is 0 Å². The molecule has 2 atom stereocenters. The summed E-state index contributed by atoms with van der Waals surface area (Å²) in [5, 5.41) is 25.0. The number of benzene rings is 2. The molecule has 0 bridgehead atoms. The fraction of sp³-hybridized carbons (Fsp3) is 0.500. The molecule has 3 rings (SSSR count). The molecule has 0 spiro atoms. The van der Waals surface area contributed by atoms with Gasteiger partial charge >= 0.3 is 0 Å². The Morgan fingerprint density at radius 3 is 2.31 bits per heavy atom. The van der Waals surface area contributed by atoms with E-state index in [0.29, 0.717) is 34.9 Å². The fourth-order valence-electron chi connectivity index (χ4n) is 3.73. The monoisotopic (exact) mass is 482 g/mol. The highest BCUT2D eigenvalue weighted by molar-refractivity contribution is 6.34. The normalized spacial score (nSPS) is 17.2. The van der Waals surface area contributed by atoms with Gasteiger partial charge in [-0.05, 0) is 68.8 Å². The molecule has 1 aliphatic rings. The molecule has 1 fully saturated rings. The zero-order valence-electron chi connectivity index (χ0n) is 18.3. The third-order valence-electron chi connectivity index (χ3n) is 5.41. The van der Waals surface area contributed by atoms with Crippen molar-refractivity contribution in [2.45, 2.75) is 38.0 Å². The Labute approximate surface area is 200 Å². The lowest BCUT2D eigenvalue weighted by molar-refractivity contribution is 0.0556. The van der Waals surface area contributed by atoms with E-state index in [9.17, 15) is 10.2 Å². The molecule has 0 amide bonds. The minimum atomic E-state index is -0.599. The Morgan fingerprint density at radius 1 is 0.969 bits per heavy atom. The van der Waals surface area contributed by atoms with Crippen LogP contribution < -0.4 is 14.8 Å². The molecule has 3 N–H and O–H groups in total. The van der Waals surface area contributed by atoms with E-state index in [0.717, 1.165) is 37.2 Å². The average Bonchev–Trinajstić information content (AvgIpc) is 2.75. The fourth-order valence-corrected chi connectivity index (χ4v) is 4.24.